The van der Waals surface area contributed by atoms with Gasteiger partial charge in [-0.3, -0.25) is 9.80 Å². The van der Waals surface area contributed by atoms with Crippen molar-refractivity contribution in [2.24, 2.45) is 0 Å². The van der Waals surface area contributed by atoms with E-state index in [1.165, 1.54) is 0 Å². The predicted octanol–water partition coefficient (Wildman–Crippen LogP) is 7.50. The zero-order valence-electron chi connectivity index (χ0n) is 27.7. The zero-order chi connectivity index (χ0) is 33.7. The molecule has 0 spiro atoms. The highest BCUT2D eigenvalue weighted by Gasteiger charge is 2.41. The van der Waals surface area contributed by atoms with Gasteiger partial charge in [-0.25, -0.2) is 19.6 Å². The van der Waals surface area contributed by atoms with Gasteiger partial charge in [-0.2, -0.15) is 0 Å². The average molecular weight is 683 g/mol. The van der Waals surface area contributed by atoms with E-state index >= 15 is 0 Å². The van der Waals surface area contributed by atoms with Crippen LogP contribution in [0.15, 0.2) is 48.7 Å². The van der Waals surface area contributed by atoms with E-state index in [4.69, 9.17) is 43.4 Å². The first kappa shape index (κ1) is 34.9. The molecule has 2 heterocycles. The molecule has 0 bridgehead atoms. The van der Waals surface area contributed by atoms with E-state index in [2.05, 4.69) is 29.1 Å². The predicted molar refractivity (Wildman–Crippen MR) is 185 cm³/mol. The van der Waals surface area contributed by atoms with Gasteiger partial charge in [-0.05, 0) is 102 Å². The third kappa shape index (κ3) is 9.15. The van der Waals surface area contributed by atoms with Crippen molar-refractivity contribution in [2.45, 2.75) is 102 Å². The summed E-state index contributed by atoms with van der Waals surface area (Å²) in [5, 5.41) is 1.24. The molecule has 1 unspecified atom stereocenters. The van der Waals surface area contributed by atoms with E-state index in [-0.39, 0.29) is 18.1 Å². The number of nitrogens with two attached hydrogens (primary N) is 1. The molecular formula is C36H45Cl2N5O4. The second-order valence-electron chi connectivity index (χ2n) is 13.6. The van der Waals surface area contributed by atoms with E-state index in [0.717, 1.165) is 54.5 Å². The van der Waals surface area contributed by atoms with E-state index in [1.807, 2.05) is 51.1 Å². The summed E-state index contributed by atoms with van der Waals surface area (Å²) in [6.07, 6.45) is 7.41. The van der Waals surface area contributed by atoms with Crippen LogP contribution in [0.5, 0.6) is 0 Å². The van der Waals surface area contributed by atoms with E-state index in [1.54, 1.807) is 11.1 Å². The van der Waals surface area contributed by atoms with Crippen LogP contribution in [0.3, 0.4) is 0 Å². The van der Waals surface area contributed by atoms with Gasteiger partial charge in [0, 0.05) is 34.7 Å². The van der Waals surface area contributed by atoms with Gasteiger partial charge in [-0.15, -0.1) is 0 Å². The van der Waals surface area contributed by atoms with Gasteiger partial charge in [0.15, 0.2) is 0 Å². The number of carbonyl (C=O) groups is 2. The second-order valence-corrected chi connectivity index (χ2v) is 14.4. The number of hydrogen-bond acceptors (Lipinski definition) is 8. The largest absolute Gasteiger partial charge is 0.461 e. The molecule has 2 aromatic carbocycles. The number of benzene rings is 2. The number of aryl methyl sites for hydroxylation is 1. The van der Waals surface area contributed by atoms with Crippen LogP contribution in [0.25, 0.3) is 11.3 Å². The molecule has 1 saturated carbocycles. The molecule has 1 amide bonds. The number of rotatable bonds is 9. The lowest BCUT2D eigenvalue weighted by Crippen LogP contribution is -2.55. The molecule has 1 aliphatic carbocycles. The Labute approximate surface area is 287 Å². The topological polar surface area (TPSA) is 111 Å². The monoisotopic (exact) mass is 681 g/mol. The first-order valence-corrected chi connectivity index (χ1v) is 17.2. The normalized spacial score (nSPS) is 18.8. The van der Waals surface area contributed by atoms with Crippen molar-refractivity contribution in [1.82, 2.24) is 19.8 Å². The van der Waals surface area contributed by atoms with Crippen molar-refractivity contribution in [3.63, 3.8) is 0 Å². The number of aromatic nitrogens is 2. The fraction of sp³-hybridized carbons (Fsp3) is 0.500. The maximum absolute atomic E-state index is 13.4. The van der Waals surface area contributed by atoms with Crippen molar-refractivity contribution in [3.05, 3.63) is 75.5 Å². The zero-order valence-corrected chi connectivity index (χ0v) is 29.2. The molecule has 2 N–H and O–H groups in total. The third-order valence-electron chi connectivity index (χ3n) is 8.92. The van der Waals surface area contributed by atoms with Crippen molar-refractivity contribution in [3.8, 4) is 11.3 Å². The highest BCUT2D eigenvalue weighted by atomic mass is 35.5. The maximum atomic E-state index is 13.4. The molecule has 2 aliphatic rings. The number of nitrogen functional groups attached to an aromatic ring is 1. The highest BCUT2D eigenvalue weighted by molar-refractivity contribution is 6.36. The average Bonchev–Trinajstić information content (AvgIpc) is 3.54. The van der Waals surface area contributed by atoms with Gasteiger partial charge in [-0.1, -0.05) is 53.5 Å². The molecule has 3 aromatic rings. The number of anilines is 1. The Morgan fingerprint density at radius 2 is 1.70 bits per heavy atom. The number of likely N-dealkylation sites (tertiary alicyclic amines) is 1. The summed E-state index contributed by atoms with van der Waals surface area (Å²) >= 11 is 12.7. The number of halogens is 2. The first-order valence-electron chi connectivity index (χ1n) is 16.4. The Hall–Kier alpha value is -3.40. The summed E-state index contributed by atoms with van der Waals surface area (Å²) in [6, 6.07) is 13.1. The van der Waals surface area contributed by atoms with Gasteiger partial charge < -0.3 is 15.2 Å². The minimum atomic E-state index is -0.679. The summed E-state index contributed by atoms with van der Waals surface area (Å²) in [5.41, 5.74) is 9.87. The summed E-state index contributed by atoms with van der Waals surface area (Å²) in [4.78, 5) is 39.5. The van der Waals surface area contributed by atoms with Gasteiger partial charge in [0.2, 0.25) is 0 Å². The quantitative estimate of drug-likeness (QED) is 0.231. The van der Waals surface area contributed by atoms with E-state index in [9.17, 15) is 9.59 Å². The molecule has 252 valence electrons. The van der Waals surface area contributed by atoms with Crippen molar-refractivity contribution < 1.29 is 19.1 Å². The molecule has 11 heteroatoms. The number of hydrogen-bond donors (Lipinski definition) is 1. The smallest absolute Gasteiger partial charge is 0.411 e. The summed E-state index contributed by atoms with van der Waals surface area (Å²) in [5.74, 6) is 0.0578. The number of piperidine rings is 1. The number of carbonyl (C=O) groups excluding carboxylic acids is 2. The van der Waals surface area contributed by atoms with Crippen molar-refractivity contribution in [2.75, 3.05) is 19.3 Å². The molecule has 2 fully saturated rings. The molecule has 5 rings (SSSR count). The van der Waals surface area contributed by atoms with E-state index < -0.39 is 17.7 Å². The Morgan fingerprint density at radius 3 is 2.36 bits per heavy atom. The second kappa shape index (κ2) is 15.2. The molecular weight excluding hydrogens is 637 g/mol. The fourth-order valence-electron chi connectivity index (χ4n) is 6.33. The minimum absolute atomic E-state index is 0.0673. The van der Waals surface area contributed by atoms with E-state index in [0.29, 0.717) is 53.9 Å². The Bertz CT molecular complexity index is 1540. The lowest BCUT2D eigenvalue weighted by atomic mass is 9.95. The Balaban J connectivity index is 1.23. The van der Waals surface area contributed by atoms with Gasteiger partial charge in [0.1, 0.15) is 23.6 Å². The summed E-state index contributed by atoms with van der Waals surface area (Å²) in [6.45, 7) is 6.60. The van der Waals surface area contributed by atoms with Gasteiger partial charge in [0.25, 0.3) is 0 Å². The lowest BCUT2D eigenvalue weighted by Gasteiger charge is -2.41. The van der Waals surface area contributed by atoms with Crippen LogP contribution in [-0.4, -0.2) is 69.2 Å². The van der Waals surface area contributed by atoms with Crippen molar-refractivity contribution >= 4 is 41.1 Å². The molecule has 0 radical (unpaired) electrons. The highest BCUT2D eigenvalue weighted by Crippen LogP contribution is 2.30. The number of ether oxygens (including phenoxy) is 2. The fourth-order valence-corrected chi connectivity index (χ4v) is 6.92. The van der Waals surface area contributed by atoms with Crippen LogP contribution in [0.4, 0.5) is 10.6 Å². The SMILES string of the molecule is CN(Cc1ccc(-c2cnc(N)c(CCc3c(Cl)cccc3Cl)n2)cc1)C1CCN(C(=O)OC(C)(C)C)[C@@H](C(=O)OC2CCCC2)C1. The summed E-state index contributed by atoms with van der Waals surface area (Å²) in [7, 11) is 2.06. The number of amides is 1. The minimum Gasteiger partial charge on any atom is -0.461 e. The van der Waals surface area contributed by atoms with Gasteiger partial charge >= 0.3 is 12.1 Å². The molecule has 2 atom stereocenters. The first-order chi connectivity index (χ1) is 22.4. The molecule has 1 saturated heterocycles. The van der Waals surface area contributed by atoms with Crippen LogP contribution in [0, 0.1) is 0 Å². The molecule has 47 heavy (non-hydrogen) atoms. The molecule has 1 aromatic heterocycles. The summed E-state index contributed by atoms with van der Waals surface area (Å²) < 4.78 is 11.6. The number of nitrogens with zero attached hydrogens (tertiary/aromatic N) is 4. The van der Waals surface area contributed by atoms with Gasteiger partial charge in [0.05, 0.1) is 17.6 Å². The molecule has 9 nitrogen and oxygen atoms in total. The standard InChI is InChI=1S/C36H45Cl2N5O4/c1-36(2,3)47-35(45)43-19-18-25(20-32(43)34(44)46-26-8-5-6-9-26)42(4)22-23-12-14-24(15-13-23)31-21-40-33(39)30(41-31)17-16-27-28(37)10-7-11-29(27)38/h7,10-15,21,25-26,32H,5-6,8-9,16-20,22H2,1-4H3,(H2,39,40)/t25?,32-/m1/s1. The van der Waals surface area contributed by atoms with Crippen LogP contribution >= 0.6 is 23.2 Å². The Morgan fingerprint density at radius 1 is 1.02 bits per heavy atom. The molecule has 1 aliphatic heterocycles. The lowest BCUT2D eigenvalue weighted by molar-refractivity contribution is -0.157. The Kier molecular flexibility index (Phi) is 11.3. The van der Waals surface area contributed by atoms with Crippen LogP contribution in [-0.2, 0) is 33.7 Å². The van der Waals surface area contributed by atoms with Crippen LogP contribution in [0.2, 0.25) is 10.0 Å². The third-order valence-corrected chi connectivity index (χ3v) is 9.62. The van der Waals surface area contributed by atoms with Crippen molar-refractivity contribution in [1.29, 1.82) is 0 Å². The van der Waals surface area contributed by atoms with Crippen LogP contribution < -0.4 is 5.73 Å². The number of esters is 1. The maximum Gasteiger partial charge on any atom is 0.411 e. The van der Waals surface area contributed by atoms with Crippen LogP contribution in [0.1, 0.15) is 76.1 Å².